The molecule has 8 nitrogen and oxygen atoms in total. The van der Waals surface area contributed by atoms with Crippen LogP contribution in [0.4, 0.5) is 17.8 Å². The number of anilines is 3. The van der Waals surface area contributed by atoms with E-state index in [-0.39, 0.29) is 5.75 Å². The van der Waals surface area contributed by atoms with E-state index in [4.69, 9.17) is 0 Å². The number of rotatable bonds is 7. The molecule has 0 aliphatic carbocycles. The molecule has 0 amide bonds. The van der Waals surface area contributed by atoms with Crippen molar-refractivity contribution in [2.45, 2.75) is 13.8 Å². The molecule has 0 aliphatic heterocycles. The van der Waals surface area contributed by atoms with E-state index in [9.17, 15) is 5.11 Å². The summed E-state index contributed by atoms with van der Waals surface area (Å²) in [7, 11) is 0. The Morgan fingerprint density at radius 1 is 1.05 bits per heavy atom. The summed E-state index contributed by atoms with van der Waals surface area (Å²) in [6.45, 7) is 5.34. The van der Waals surface area contributed by atoms with Crippen LogP contribution in [-0.4, -0.2) is 39.4 Å². The SMILES string of the molecule is CCNc1nc(NCC)nc(N/N=C/c2cccc(O)c2)n1. The van der Waals surface area contributed by atoms with Gasteiger partial charge in [-0.05, 0) is 31.5 Å². The van der Waals surface area contributed by atoms with E-state index in [0.717, 1.165) is 5.56 Å². The topological polar surface area (TPSA) is 107 Å². The van der Waals surface area contributed by atoms with Crippen LogP contribution in [0.3, 0.4) is 0 Å². The van der Waals surface area contributed by atoms with Crippen molar-refractivity contribution in [3.05, 3.63) is 29.8 Å². The highest BCUT2D eigenvalue weighted by Crippen LogP contribution is 2.10. The Kier molecular flexibility index (Phi) is 5.47. The normalized spacial score (nSPS) is 10.6. The van der Waals surface area contributed by atoms with Crippen LogP contribution in [0.2, 0.25) is 0 Å². The summed E-state index contributed by atoms with van der Waals surface area (Å²) >= 11 is 0. The predicted molar refractivity (Wildman–Crippen MR) is 87.5 cm³/mol. The van der Waals surface area contributed by atoms with E-state index in [1.807, 2.05) is 19.9 Å². The van der Waals surface area contributed by atoms with Crippen molar-refractivity contribution in [2.75, 3.05) is 29.1 Å². The van der Waals surface area contributed by atoms with Gasteiger partial charge in [0.15, 0.2) is 0 Å². The number of hydrogen-bond acceptors (Lipinski definition) is 8. The van der Waals surface area contributed by atoms with Crippen LogP contribution in [0.15, 0.2) is 29.4 Å². The molecule has 2 aromatic rings. The van der Waals surface area contributed by atoms with Crippen LogP contribution in [-0.2, 0) is 0 Å². The lowest BCUT2D eigenvalue weighted by molar-refractivity contribution is 0.475. The molecule has 0 aliphatic rings. The maximum atomic E-state index is 9.39. The van der Waals surface area contributed by atoms with E-state index in [1.165, 1.54) is 0 Å². The molecule has 0 atom stereocenters. The highest BCUT2D eigenvalue weighted by molar-refractivity contribution is 5.80. The van der Waals surface area contributed by atoms with Crippen molar-refractivity contribution in [3.8, 4) is 5.75 Å². The zero-order valence-corrected chi connectivity index (χ0v) is 12.5. The van der Waals surface area contributed by atoms with Crippen LogP contribution >= 0.6 is 0 Å². The largest absolute Gasteiger partial charge is 0.508 e. The molecule has 8 heteroatoms. The maximum Gasteiger partial charge on any atom is 0.250 e. The summed E-state index contributed by atoms with van der Waals surface area (Å²) in [5.41, 5.74) is 3.52. The number of hydrazone groups is 1. The van der Waals surface area contributed by atoms with Gasteiger partial charge in [-0.25, -0.2) is 5.43 Å². The lowest BCUT2D eigenvalue weighted by Gasteiger charge is -2.07. The second-order valence-electron chi connectivity index (χ2n) is 4.33. The van der Waals surface area contributed by atoms with Gasteiger partial charge in [-0.2, -0.15) is 20.1 Å². The summed E-state index contributed by atoms with van der Waals surface area (Å²) < 4.78 is 0. The van der Waals surface area contributed by atoms with E-state index in [0.29, 0.717) is 30.9 Å². The average molecular weight is 301 g/mol. The average Bonchev–Trinajstić information content (AvgIpc) is 2.48. The lowest BCUT2D eigenvalue weighted by atomic mass is 10.2. The van der Waals surface area contributed by atoms with Crippen molar-refractivity contribution in [1.29, 1.82) is 0 Å². The minimum Gasteiger partial charge on any atom is -0.508 e. The van der Waals surface area contributed by atoms with Crippen molar-refractivity contribution in [2.24, 2.45) is 5.10 Å². The first-order chi connectivity index (χ1) is 10.7. The number of aromatic nitrogens is 3. The van der Waals surface area contributed by atoms with Gasteiger partial charge in [0, 0.05) is 13.1 Å². The van der Waals surface area contributed by atoms with Crippen molar-refractivity contribution in [1.82, 2.24) is 15.0 Å². The minimum absolute atomic E-state index is 0.188. The first-order valence-electron chi connectivity index (χ1n) is 7.03. The van der Waals surface area contributed by atoms with E-state index in [2.05, 4.69) is 36.1 Å². The van der Waals surface area contributed by atoms with E-state index in [1.54, 1.807) is 24.4 Å². The predicted octanol–water partition coefficient (Wildman–Crippen LogP) is 1.89. The zero-order chi connectivity index (χ0) is 15.8. The zero-order valence-electron chi connectivity index (χ0n) is 12.5. The fraction of sp³-hybridized carbons (Fsp3) is 0.286. The monoisotopic (exact) mass is 301 g/mol. The third kappa shape index (κ3) is 4.58. The Morgan fingerprint density at radius 2 is 1.68 bits per heavy atom. The van der Waals surface area contributed by atoms with Crippen LogP contribution in [0.5, 0.6) is 5.75 Å². The van der Waals surface area contributed by atoms with Crippen LogP contribution < -0.4 is 16.1 Å². The number of hydrogen-bond donors (Lipinski definition) is 4. The molecular formula is C14H19N7O. The van der Waals surface area contributed by atoms with Crippen molar-refractivity contribution < 1.29 is 5.11 Å². The fourth-order valence-corrected chi connectivity index (χ4v) is 1.67. The van der Waals surface area contributed by atoms with Crippen LogP contribution in [0, 0.1) is 0 Å². The molecular weight excluding hydrogens is 282 g/mol. The molecule has 0 fully saturated rings. The molecule has 0 saturated carbocycles. The van der Waals surface area contributed by atoms with E-state index < -0.39 is 0 Å². The highest BCUT2D eigenvalue weighted by Gasteiger charge is 2.04. The summed E-state index contributed by atoms with van der Waals surface area (Å²) in [5.74, 6) is 1.47. The first-order valence-corrected chi connectivity index (χ1v) is 7.03. The molecule has 1 aromatic carbocycles. The third-order valence-corrected chi connectivity index (χ3v) is 2.55. The van der Waals surface area contributed by atoms with Crippen LogP contribution in [0.1, 0.15) is 19.4 Å². The highest BCUT2D eigenvalue weighted by atomic mass is 16.3. The molecule has 0 radical (unpaired) electrons. The molecule has 0 saturated heterocycles. The first kappa shape index (κ1) is 15.5. The van der Waals surface area contributed by atoms with Gasteiger partial charge in [0.2, 0.25) is 17.8 Å². The second kappa shape index (κ2) is 7.77. The van der Waals surface area contributed by atoms with Gasteiger partial charge in [-0.15, -0.1) is 0 Å². The van der Waals surface area contributed by atoms with Gasteiger partial charge in [-0.3, -0.25) is 0 Å². The lowest BCUT2D eigenvalue weighted by Crippen LogP contribution is -2.10. The van der Waals surface area contributed by atoms with Crippen LogP contribution in [0.25, 0.3) is 0 Å². The van der Waals surface area contributed by atoms with Crippen molar-refractivity contribution in [3.63, 3.8) is 0 Å². The molecule has 0 bridgehead atoms. The van der Waals surface area contributed by atoms with Gasteiger partial charge in [0.05, 0.1) is 6.21 Å². The standard InChI is InChI=1S/C14H19N7O/c1-3-15-12-18-13(16-4-2)20-14(19-12)21-17-9-10-6-5-7-11(22)8-10/h5-9,22H,3-4H2,1-2H3,(H3,15,16,18,19,20,21)/b17-9+. The Balaban J connectivity index is 2.10. The number of nitrogens with zero attached hydrogens (tertiary/aromatic N) is 4. The Hall–Kier alpha value is -2.90. The van der Waals surface area contributed by atoms with Gasteiger partial charge in [-0.1, -0.05) is 12.1 Å². The van der Waals surface area contributed by atoms with Crippen molar-refractivity contribution >= 4 is 24.1 Å². The van der Waals surface area contributed by atoms with Gasteiger partial charge < -0.3 is 15.7 Å². The number of benzene rings is 1. The smallest absolute Gasteiger partial charge is 0.250 e. The Bertz CT molecular complexity index is 621. The van der Waals surface area contributed by atoms with Gasteiger partial charge >= 0.3 is 0 Å². The number of aromatic hydroxyl groups is 1. The van der Waals surface area contributed by atoms with Gasteiger partial charge in [0.25, 0.3) is 0 Å². The number of phenols is 1. The molecule has 22 heavy (non-hydrogen) atoms. The number of phenolic OH excluding ortho intramolecular Hbond substituents is 1. The van der Waals surface area contributed by atoms with E-state index >= 15 is 0 Å². The quantitative estimate of drug-likeness (QED) is 0.457. The van der Waals surface area contributed by atoms with Gasteiger partial charge in [0.1, 0.15) is 5.75 Å². The third-order valence-electron chi connectivity index (χ3n) is 2.55. The molecule has 0 spiro atoms. The summed E-state index contributed by atoms with van der Waals surface area (Å²) in [6.07, 6.45) is 1.57. The molecule has 4 N–H and O–H groups in total. The molecule has 116 valence electrons. The molecule has 1 heterocycles. The second-order valence-corrected chi connectivity index (χ2v) is 4.33. The summed E-state index contributed by atoms with van der Waals surface area (Å²) in [6, 6.07) is 6.77. The molecule has 1 aromatic heterocycles. The Morgan fingerprint density at radius 3 is 2.27 bits per heavy atom. The number of nitrogens with one attached hydrogen (secondary N) is 3. The summed E-state index contributed by atoms with van der Waals surface area (Å²) in [4.78, 5) is 12.6. The maximum absolute atomic E-state index is 9.39. The Labute approximate surface area is 128 Å². The molecule has 2 rings (SSSR count). The minimum atomic E-state index is 0.188. The fourth-order valence-electron chi connectivity index (χ4n) is 1.67. The molecule has 0 unspecified atom stereocenters. The summed E-state index contributed by atoms with van der Waals surface area (Å²) in [5, 5.41) is 19.5.